The lowest BCUT2D eigenvalue weighted by molar-refractivity contribution is -0.121. The summed E-state index contributed by atoms with van der Waals surface area (Å²) in [6.07, 6.45) is 12.7. The van der Waals surface area contributed by atoms with E-state index < -0.39 is 0 Å². The molecule has 206 valence electrons. The second-order valence-electron chi connectivity index (χ2n) is 11.7. The standard InChI is InChI=1S/C29H35ClN6O2S/c1-18-8-9-29(27(18)31)10-12-35(13-11-29)23-14-33-24(15-32-23)39-22-7-6-21-25(26(22)30)28(38)36(17-34-21)16-19-2-4-20(37)5-3-19/h6-7,14-15,17-19,27H,2-5,8-13,16,31H2,1H3/t18-,27-/m1/s1. The smallest absolute Gasteiger partial charge is 0.262 e. The van der Waals surface area contributed by atoms with Crippen LogP contribution >= 0.6 is 23.4 Å². The van der Waals surface area contributed by atoms with E-state index in [2.05, 4.69) is 21.8 Å². The average molecular weight is 567 g/mol. The van der Waals surface area contributed by atoms with Crippen molar-refractivity contribution in [3.63, 3.8) is 0 Å². The van der Waals surface area contributed by atoms with Gasteiger partial charge in [0.1, 0.15) is 16.6 Å². The van der Waals surface area contributed by atoms with Gasteiger partial charge in [0, 0.05) is 43.4 Å². The third-order valence-electron chi connectivity index (χ3n) is 9.34. The molecule has 3 fully saturated rings. The van der Waals surface area contributed by atoms with Crippen molar-refractivity contribution in [3.8, 4) is 0 Å². The number of hydrogen-bond donors (Lipinski definition) is 1. The molecule has 39 heavy (non-hydrogen) atoms. The van der Waals surface area contributed by atoms with Crippen molar-refractivity contribution in [2.75, 3.05) is 18.0 Å². The van der Waals surface area contributed by atoms with Crippen LogP contribution in [0.25, 0.3) is 10.9 Å². The highest BCUT2D eigenvalue weighted by Crippen LogP contribution is 2.48. The number of carbonyl (C=O) groups excluding carboxylic acids is 1. The first-order valence-corrected chi connectivity index (χ1v) is 15.2. The molecule has 2 atom stereocenters. The van der Waals surface area contributed by atoms with Crippen LogP contribution in [0.5, 0.6) is 0 Å². The van der Waals surface area contributed by atoms with Gasteiger partial charge in [0.2, 0.25) is 0 Å². The molecule has 1 saturated heterocycles. The number of benzene rings is 1. The first-order chi connectivity index (χ1) is 18.8. The number of nitrogens with two attached hydrogens (primary N) is 1. The predicted octanol–water partition coefficient (Wildman–Crippen LogP) is 5.09. The van der Waals surface area contributed by atoms with Gasteiger partial charge in [-0.25, -0.2) is 15.0 Å². The van der Waals surface area contributed by atoms with Crippen molar-refractivity contribution < 1.29 is 4.79 Å². The number of aromatic nitrogens is 4. The summed E-state index contributed by atoms with van der Waals surface area (Å²) in [6, 6.07) is 4.01. The first-order valence-electron chi connectivity index (χ1n) is 14.0. The van der Waals surface area contributed by atoms with E-state index in [1.165, 1.54) is 24.6 Å². The number of halogens is 1. The quantitative estimate of drug-likeness (QED) is 0.455. The lowest BCUT2D eigenvalue weighted by atomic mass is 9.73. The summed E-state index contributed by atoms with van der Waals surface area (Å²) in [4.78, 5) is 41.9. The van der Waals surface area contributed by atoms with E-state index in [1.807, 2.05) is 18.3 Å². The molecule has 2 aliphatic carbocycles. The molecule has 0 radical (unpaired) electrons. The molecule has 10 heteroatoms. The fraction of sp³-hybridized carbons (Fsp3) is 0.552. The number of fused-ring (bicyclic) bond motifs is 1. The van der Waals surface area contributed by atoms with Crippen LogP contribution in [0.4, 0.5) is 5.82 Å². The number of hydrogen-bond acceptors (Lipinski definition) is 8. The molecule has 0 bridgehead atoms. The molecule has 1 aliphatic heterocycles. The van der Waals surface area contributed by atoms with Gasteiger partial charge in [-0.05, 0) is 67.9 Å². The summed E-state index contributed by atoms with van der Waals surface area (Å²) in [5.74, 6) is 2.10. The van der Waals surface area contributed by atoms with Gasteiger partial charge in [-0.1, -0.05) is 30.3 Å². The average Bonchev–Trinajstić information content (AvgIpc) is 3.22. The number of carbonyl (C=O) groups is 1. The van der Waals surface area contributed by atoms with Crippen LogP contribution in [0.15, 0.2) is 45.6 Å². The Morgan fingerprint density at radius 2 is 1.82 bits per heavy atom. The summed E-state index contributed by atoms with van der Waals surface area (Å²) < 4.78 is 1.64. The summed E-state index contributed by atoms with van der Waals surface area (Å²) in [6.45, 7) is 4.74. The van der Waals surface area contributed by atoms with Crippen LogP contribution in [0.2, 0.25) is 5.02 Å². The summed E-state index contributed by atoms with van der Waals surface area (Å²) in [7, 11) is 0. The SMILES string of the molecule is C[C@@H]1CCC2(CCN(c3cnc(Sc4ccc5ncn(CC6CCC(=O)CC6)c(=O)c5c4Cl)cn3)CC2)[C@@H]1N. The predicted molar refractivity (Wildman–Crippen MR) is 154 cm³/mol. The molecular formula is C29H35ClN6O2S. The van der Waals surface area contributed by atoms with Gasteiger partial charge in [-0.2, -0.15) is 0 Å². The van der Waals surface area contributed by atoms with E-state index in [9.17, 15) is 9.59 Å². The zero-order valence-electron chi connectivity index (χ0n) is 22.3. The molecule has 2 aromatic heterocycles. The molecule has 8 nitrogen and oxygen atoms in total. The zero-order valence-corrected chi connectivity index (χ0v) is 23.9. The Kier molecular flexibility index (Phi) is 7.41. The molecule has 6 rings (SSSR count). The number of nitrogens with zero attached hydrogens (tertiary/aromatic N) is 5. The van der Waals surface area contributed by atoms with Crippen LogP contribution in [0, 0.1) is 17.3 Å². The molecule has 2 saturated carbocycles. The lowest BCUT2D eigenvalue weighted by Gasteiger charge is -2.43. The Bertz CT molecular complexity index is 1430. The van der Waals surface area contributed by atoms with Crippen molar-refractivity contribution in [2.45, 2.75) is 80.8 Å². The van der Waals surface area contributed by atoms with E-state index in [1.54, 1.807) is 17.1 Å². The first kappa shape index (κ1) is 26.7. The Hall–Kier alpha value is -2.49. The second kappa shape index (κ2) is 10.8. The van der Waals surface area contributed by atoms with Crippen molar-refractivity contribution in [1.82, 2.24) is 19.5 Å². The Labute approximate surface area is 237 Å². The fourth-order valence-electron chi connectivity index (χ4n) is 6.72. The van der Waals surface area contributed by atoms with Crippen molar-refractivity contribution in [2.24, 2.45) is 23.0 Å². The van der Waals surface area contributed by atoms with Gasteiger partial charge < -0.3 is 10.6 Å². The minimum Gasteiger partial charge on any atom is -0.355 e. The molecule has 2 N–H and O–H groups in total. The normalized spacial score (nSPS) is 23.7. The highest BCUT2D eigenvalue weighted by molar-refractivity contribution is 7.99. The van der Waals surface area contributed by atoms with E-state index in [0.29, 0.717) is 59.0 Å². The summed E-state index contributed by atoms with van der Waals surface area (Å²) >= 11 is 8.18. The third-order valence-corrected chi connectivity index (χ3v) is 10.8. The van der Waals surface area contributed by atoms with E-state index >= 15 is 0 Å². The Morgan fingerprint density at radius 1 is 1.05 bits per heavy atom. The number of anilines is 1. The number of piperidine rings is 1. The highest BCUT2D eigenvalue weighted by Gasteiger charge is 2.46. The van der Waals surface area contributed by atoms with Crippen LogP contribution in [0.1, 0.15) is 58.3 Å². The van der Waals surface area contributed by atoms with Gasteiger partial charge in [0.25, 0.3) is 5.56 Å². The van der Waals surface area contributed by atoms with Crippen LogP contribution < -0.4 is 16.2 Å². The Balaban J connectivity index is 1.15. The number of ketones is 1. The van der Waals surface area contributed by atoms with Gasteiger partial charge >= 0.3 is 0 Å². The van der Waals surface area contributed by atoms with Gasteiger partial charge in [-0.3, -0.25) is 14.2 Å². The van der Waals surface area contributed by atoms with Gasteiger partial charge in [0.05, 0.1) is 34.6 Å². The molecule has 3 aromatic rings. The fourth-order valence-corrected chi connectivity index (χ4v) is 7.84. The van der Waals surface area contributed by atoms with Crippen LogP contribution in [-0.4, -0.2) is 44.4 Å². The minimum absolute atomic E-state index is 0.148. The largest absolute Gasteiger partial charge is 0.355 e. The topological polar surface area (TPSA) is 107 Å². The molecule has 0 amide bonds. The minimum atomic E-state index is -0.148. The van der Waals surface area contributed by atoms with E-state index in [4.69, 9.17) is 22.3 Å². The molecule has 0 unspecified atom stereocenters. The zero-order chi connectivity index (χ0) is 27.1. The van der Waals surface area contributed by atoms with Crippen molar-refractivity contribution in [1.29, 1.82) is 0 Å². The van der Waals surface area contributed by atoms with Gasteiger partial charge in [-0.15, -0.1) is 0 Å². The maximum Gasteiger partial charge on any atom is 0.262 e. The number of Topliss-reactive ketones (excluding diaryl/α,β-unsaturated/α-hetero) is 1. The van der Waals surface area contributed by atoms with Crippen molar-refractivity contribution in [3.05, 3.63) is 46.2 Å². The highest BCUT2D eigenvalue weighted by atomic mass is 35.5. The molecule has 3 aliphatic rings. The maximum atomic E-state index is 13.4. The summed E-state index contributed by atoms with van der Waals surface area (Å²) in [5, 5.41) is 1.52. The second-order valence-corrected chi connectivity index (χ2v) is 13.1. The monoisotopic (exact) mass is 566 g/mol. The van der Waals surface area contributed by atoms with Crippen molar-refractivity contribution >= 4 is 45.9 Å². The van der Waals surface area contributed by atoms with Crippen LogP contribution in [0.3, 0.4) is 0 Å². The van der Waals surface area contributed by atoms with Crippen LogP contribution in [-0.2, 0) is 11.3 Å². The molecule has 1 aromatic carbocycles. The summed E-state index contributed by atoms with van der Waals surface area (Å²) in [5.41, 5.74) is 7.29. The lowest BCUT2D eigenvalue weighted by Crippen LogP contribution is -2.48. The molecular weight excluding hydrogens is 532 g/mol. The number of rotatable bonds is 5. The van der Waals surface area contributed by atoms with E-state index in [-0.39, 0.29) is 11.0 Å². The molecule has 3 heterocycles. The van der Waals surface area contributed by atoms with Gasteiger partial charge in [0.15, 0.2) is 0 Å². The third kappa shape index (κ3) is 5.21. The molecule has 1 spiro atoms. The Morgan fingerprint density at radius 3 is 2.49 bits per heavy atom. The maximum absolute atomic E-state index is 13.4. The van der Waals surface area contributed by atoms with E-state index in [0.717, 1.165) is 54.5 Å².